The lowest BCUT2D eigenvalue weighted by Gasteiger charge is -2.37. The second-order valence-electron chi connectivity index (χ2n) is 11.5. The molecule has 1 fully saturated rings. The molecule has 0 aromatic rings. The van der Waals surface area contributed by atoms with Crippen LogP contribution in [0.15, 0.2) is 0 Å². The van der Waals surface area contributed by atoms with Crippen molar-refractivity contribution in [3.63, 3.8) is 0 Å². The fourth-order valence-corrected chi connectivity index (χ4v) is 5.42. The Bertz CT molecular complexity index is 620. The van der Waals surface area contributed by atoms with Gasteiger partial charge >= 0.3 is 11.9 Å². The number of aliphatic carboxylic acids is 1. The maximum atomic E-state index is 12.8. The van der Waals surface area contributed by atoms with Crippen molar-refractivity contribution in [2.75, 3.05) is 0 Å². The first kappa shape index (κ1) is 32.4. The molecule has 0 heterocycles. The number of rotatable bonds is 20. The molecule has 4 atom stereocenters. The summed E-state index contributed by atoms with van der Waals surface area (Å²) in [7, 11) is 0. The van der Waals surface area contributed by atoms with Gasteiger partial charge in [-0.15, -0.1) is 0 Å². The van der Waals surface area contributed by atoms with Gasteiger partial charge in [0.25, 0.3) is 0 Å². The van der Waals surface area contributed by atoms with Crippen molar-refractivity contribution >= 4 is 17.8 Å². The van der Waals surface area contributed by atoms with E-state index in [1.54, 1.807) is 0 Å². The summed E-state index contributed by atoms with van der Waals surface area (Å²) in [6.45, 7) is 8.67. The second kappa shape index (κ2) is 19.5. The van der Waals surface area contributed by atoms with Crippen LogP contribution in [0.3, 0.4) is 0 Å². The summed E-state index contributed by atoms with van der Waals surface area (Å²) < 4.78 is 5.80. The van der Waals surface area contributed by atoms with Crippen LogP contribution < -0.4 is 5.32 Å². The van der Waals surface area contributed by atoms with E-state index in [4.69, 9.17) is 4.74 Å². The molecule has 210 valence electrons. The summed E-state index contributed by atoms with van der Waals surface area (Å²) in [6.07, 6.45) is 18.6. The number of carboxylic acid groups (broad SMARTS) is 1. The average Bonchev–Trinajstić information content (AvgIpc) is 2.81. The smallest absolute Gasteiger partial charge is 0.329 e. The minimum atomic E-state index is -1.12. The Labute approximate surface area is 220 Å². The van der Waals surface area contributed by atoms with Gasteiger partial charge < -0.3 is 15.2 Å². The Hall–Kier alpha value is -1.59. The molecule has 3 unspecified atom stereocenters. The van der Waals surface area contributed by atoms with Gasteiger partial charge in [0.05, 0.1) is 6.42 Å². The maximum Gasteiger partial charge on any atom is 0.329 e. The molecule has 1 aliphatic rings. The standard InChI is InChI=1S/C30H55NO5/c1-5-6-7-8-9-10-11-12-13-14-15-16-17-18-28(32)31-26(22-29(33)34)30(35)36-27-21-24(4)19-20-25(27)23(2)3/h23-27H,5-22H2,1-4H3,(H,31,32)(H,33,34)/t24?,25?,26-,27?/m0/s1. The highest BCUT2D eigenvalue weighted by Crippen LogP contribution is 2.35. The fraction of sp³-hybridized carbons (Fsp3) is 0.900. The van der Waals surface area contributed by atoms with Gasteiger partial charge in [-0.1, -0.05) is 111 Å². The number of unbranched alkanes of at least 4 members (excludes halogenated alkanes) is 12. The van der Waals surface area contributed by atoms with Crippen LogP contribution in [0, 0.1) is 17.8 Å². The van der Waals surface area contributed by atoms with Gasteiger partial charge in [-0.3, -0.25) is 9.59 Å². The van der Waals surface area contributed by atoms with Crippen LogP contribution in [0.1, 0.15) is 143 Å². The third-order valence-electron chi connectivity index (χ3n) is 7.73. The van der Waals surface area contributed by atoms with E-state index in [9.17, 15) is 19.5 Å². The van der Waals surface area contributed by atoms with Gasteiger partial charge in [0.2, 0.25) is 5.91 Å². The Morgan fingerprint density at radius 3 is 1.89 bits per heavy atom. The van der Waals surface area contributed by atoms with Crippen molar-refractivity contribution in [3.05, 3.63) is 0 Å². The minimum Gasteiger partial charge on any atom is -0.481 e. The van der Waals surface area contributed by atoms with E-state index in [-0.39, 0.29) is 17.9 Å². The van der Waals surface area contributed by atoms with Crippen LogP contribution in [-0.2, 0) is 19.1 Å². The highest BCUT2D eigenvalue weighted by molar-refractivity contribution is 5.87. The molecule has 1 aliphatic carbocycles. The number of carbonyl (C=O) groups is 3. The molecule has 0 saturated heterocycles. The summed E-state index contributed by atoms with van der Waals surface area (Å²) in [4.78, 5) is 36.6. The second-order valence-corrected chi connectivity index (χ2v) is 11.5. The zero-order chi connectivity index (χ0) is 26.8. The molecule has 6 heteroatoms. The zero-order valence-corrected chi connectivity index (χ0v) is 23.7. The van der Waals surface area contributed by atoms with E-state index in [2.05, 4.69) is 33.0 Å². The van der Waals surface area contributed by atoms with Crippen molar-refractivity contribution in [1.29, 1.82) is 0 Å². The SMILES string of the molecule is CCCCCCCCCCCCCCCC(=O)N[C@@H](CC(=O)O)C(=O)OC1CC(C)CCC1C(C)C. The van der Waals surface area contributed by atoms with Crippen LogP contribution >= 0.6 is 0 Å². The van der Waals surface area contributed by atoms with Gasteiger partial charge in [0.15, 0.2) is 0 Å². The van der Waals surface area contributed by atoms with E-state index in [0.29, 0.717) is 18.3 Å². The molecule has 0 bridgehead atoms. The van der Waals surface area contributed by atoms with Gasteiger partial charge in [-0.25, -0.2) is 4.79 Å². The summed E-state index contributed by atoms with van der Waals surface area (Å²) in [5, 5.41) is 11.9. The van der Waals surface area contributed by atoms with Crippen LogP contribution in [0.25, 0.3) is 0 Å². The van der Waals surface area contributed by atoms with Gasteiger partial charge in [0, 0.05) is 6.42 Å². The van der Waals surface area contributed by atoms with Crippen molar-refractivity contribution in [1.82, 2.24) is 5.32 Å². The largest absolute Gasteiger partial charge is 0.481 e. The molecule has 2 N–H and O–H groups in total. The molecule has 1 saturated carbocycles. The molecular weight excluding hydrogens is 454 g/mol. The number of ether oxygens (including phenoxy) is 1. The normalized spacial score (nSPS) is 20.8. The monoisotopic (exact) mass is 509 g/mol. The average molecular weight is 510 g/mol. The lowest BCUT2D eigenvalue weighted by atomic mass is 9.75. The Morgan fingerprint density at radius 1 is 0.861 bits per heavy atom. The fourth-order valence-electron chi connectivity index (χ4n) is 5.42. The maximum absolute atomic E-state index is 12.8. The van der Waals surface area contributed by atoms with Crippen molar-refractivity contribution < 1.29 is 24.2 Å². The minimum absolute atomic E-state index is 0.212. The van der Waals surface area contributed by atoms with E-state index in [0.717, 1.165) is 38.5 Å². The van der Waals surface area contributed by atoms with E-state index in [1.807, 2.05) is 0 Å². The molecule has 1 amide bonds. The topological polar surface area (TPSA) is 92.7 Å². The number of nitrogens with one attached hydrogen (secondary N) is 1. The van der Waals surface area contributed by atoms with Crippen molar-refractivity contribution in [2.24, 2.45) is 17.8 Å². The first-order valence-electron chi connectivity index (χ1n) is 15.0. The number of carboxylic acids is 1. The summed E-state index contributed by atoms with van der Waals surface area (Å²) in [6, 6.07) is -1.12. The van der Waals surface area contributed by atoms with Crippen LogP contribution in [-0.4, -0.2) is 35.1 Å². The zero-order valence-electron chi connectivity index (χ0n) is 23.7. The molecule has 6 nitrogen and oxygen atoms in total. The number of carbonyl (C=O) groups excluding carboxylic acids is 2. The summed E-state index contributed by atoms with van der Waals surface area (Å²) in [5.74, 6) is -0.855. The first-order valence-corrected chi connectivity index (χ1v) is 15.0. The molecule has 1 rings (SSSR count). The molecular formula is C30H55NO5. The molecule has 0 spiro atoms. The lowest BCUT2D eigenvalue weighted by Crippen LogP contribution is -2.46. The first-order chi connectivity index (χ1) is 17.2. The van der Waals surface area contributed by atoms with E-state index < -0.39 is 24.4 Å². The molecule has 0 aliphatic heterocycles. The van der Waals surface area contributed by atoms with Crippen molar-refractivity contribution in [3.8, 4) is 0 Å². The number of hydrogen-bond acceptors (Lipinski definition) is 4. The third-order valence-corrected chi connectivity index (χ3v) is 7.73. The van der Waals surface area contributed by atoms with Crippen molar-refractivity contribution in [2.45, 2.75) is 155 Å². The Morgan fingerprint density at radius 2 is 1.39 bits per heavy atom. The van der Waals surface area contributed by atoms with Gasteiger partial charge in [-0.05, 0) is 37.0 Å². The quantitative estimate of drug-likeness (QED) is 0.131. The Kier molecular flexibility index (Phi) is 17.6. The summed E-state index contributed by atoms with van der Waals surface area (Å²) in [5.41, 5.74) is 0. The Balaban J connectivity index is 2.27. The number of hydrogen-bond donors (Lipinski definition) is 2. The van der Waals surface area contributed by atoms with Crippen LogP contribution in [0.4, 0.5) is 0 Å². The van der Waals surface area contributed by atoms with Gasteiger partial charge in [-0.2, -0.15) is 0 Å². The van der Waals surface area contributed by atoms with Crippen LogP contribution in [0.5, 0.6) is 0 Å². The van der Waals surface area contributed by atoms with E-state index in [1.165, 1.54) is 64.2 Å². The third kappa shape index (κ3) is 14.8. The highest BCUT2D eigenvalue weighted by atomic mass is 16.5. The summed E-state index contributed by atoms with van der Waals surface area (Å²) >= 11 is 0. The highest BCUT2D eigenvalue weighted by Gasteiger charge is 2.35. The van der Waals surface area contributed by atoms with E-state index >= 15 is 0 Å². The predicted molar refractivity (Wildman–Crippen MR) is 146 cm³/mol. The van der Waals surface area contributed by atoms with Gasteiger partial charge in [0.1, 0.15) is 12.1 Å². The van der Waals surface area contributed by atoms with Crippen LogP contribution in [0.2, 0.25) is 0 Å². The number of esters is 1. The molecule has 0 radical (unpaired) electrons. The predicted octanol–water partition coefficient (Wildman–Crippen LogP) is 7.43. The molecule has 0 aromatic carbocycles. The lowest BCUT2D eigenvalue weighted by molar-refractivity contribution is -0.161. The number of amides is 1. The molecule has 0 aromatic heterocycles. The molecule has 36 heavy (non-hydrogen) atoms.